The molecule has 3 aromatic rings. The maximum absolute atomic E-state index is 12.6. The number of sulfonamides is 1. The van der Waals surface area contributed by atoms with Crippen molar-refractivity contribution in [2.45, 2.75) is 35.9 Å². The molecule has 0 radical (unpaired) electrons. The van der Waals surface area contributed by atoms with Gasteiger partial charge in [0, 0.05) is 12.2 Å². The molecule has 1 aromatic carbocycles. The summed E-state index contributed by atoms with van der Waals surface area (Å²) < 4.78 is 33.1. The average Bonchev–Trinajstić information content (AvgIpc) is 3.51. The summed E-state index contributed by atoms with van der Waals surface area (Å²) in [5.41, 5.74) is 1.28. The lowest BCUT2D eigenvalue weighted by Gasteiger charge is -2.33. The van der Waals surface area contributed by atoms with E-state index in [2.05, 4.69) is 14.9 Å². The van der Waals surface area contributed by atoms with Gasteiger partial charge in [0.2, 0.25) is 5.91 Å². The van der Waals surface area contributed by atoms with Crippen LogP contribution in [0.4, 0.5) is 5.69 Å². The number of amides is 1. The standard InChI is InChI=1S/C23H27N3O4S2/c27-22(24-17-20(21-6-4-14-30-21)26-12-2-1-3-13-26)16-18-8-10-19(11-9-18)25-32(28,29)23-7-5-15-31-23/h4-11,14-15,20,25H,1-3,12-13,16-17H2,(H,24,27). The number of furan rings is 1. The second-order valence-corrected chi connectivity index (χ2v) is 10.7. The highest BCUT2D eigenvalue weighted by molar-refractivity contribution is 7.94. The highest BCUT2D eigenvalue weighted by Crippen LogP contribution is 2.25. The Hall–Kier alpha value is -2.62. The van der Waals surface area contributed by atoms with Gasteiger partial charge >= 0.3 is 0 Å². The number of rotatable bonds is 9. The Balaban J connectivity index is 1.32. The maximum Gasteiger partial charge on any atom is 0.271 e. The van der Waals surface area contributed by atoms with Crippen LogP contribution < -0.4 is 10.0 Å². The summed E-state index contributed by atoms with van der Waals surface area (Å²) in [7, 11) is -3.58. The van der Waals surface area contributed by atoms with Crippen LogP contribution in [-0.4, -0.2) is 38.9 Å². The Morgan fingerprint density at radius 1 is 1.06 bits per heavy atom. The van der Waals surface area contributed by atoms with Crippen LogP contribution in [0.5, 0.6) is 0 Å². The molecule has 0 spiro atoms. The summed E-state index contributed by atoms with van der Waals surface area (Å²) in [5.74, 6) is 0.792. The number of hydrogen-bond acceptors (Lipinski definition) is 6. The molecule has 1 amide bonds. The van der Waals surface area contributed by atoms with E-state index in [1.54, 1.807) is 48.0 Å². The van der Waals surface area contributed by atoms with Crippen LogP contribution in [0.15, 0.2) is 68.8 Å². The van der Waals surface area contributed by atoms with Crippen LogP contribution in [0.25, 0.3) is 0 Å². The Bertz CT molecular complexity index is 1090. The van der Waals surface area contributed by atoms with Crippen LogP contribution in [0.3, 0.4) is 0 Å². The van der Waals surface area contributed by atoms with Gasteiger partial charge in [0.25, 0.3) is 10.0 Å². The van der Waals surface area contributed by atoms with E-state index in [0.29, 0.717) is 12.2 Å². The molecule has 2 aromatic heterocycles. The minimum Gasteiger partial charge on any atom is -0.468 e. The molecular formula is C23H27N3O4S2. The second-order valence-electron chi connectivity index (χ2n) is 7.84. The van der Waals surface area contributed by atoms with E-state index in [1.165, 1.54) is 6.42 Å². The molecule has 9 heteroatoms. The monoisotopic (exact) mass is 473 g/mol. The van der Waals surface area contributed by atoms with Crippen LogP contribution >= 0.6 is 11.3 Å². The number of carbonyl (C=O) groups is 1. The summed E-state index contributed by atoms with van der Waals surface area (Å²) in [6, 6.07) is 14.0. The van der Waals surface area contributed by atoms with Crippen LogP contribution in [0.2, 0.25) is 0 Å². The molecule has 170 valence electrons. The molecule has 4 rings (SSSR count). The van der Waals surface area contributed by atoms with Gasteiger partial charge in [-0.3, -0.25) is 14.4 Å². The van der Waals surface area contributed by atoms with E-state index >= 15 is 0 Å². The zero-order chi connectivity index (χ0) is 22.4. The number of hydrogen-bond donors (Lipinski definition) is 2. The molecule has 1 saturated heterocycles. The molecule has 0 bridgehead atoms. The fraction of sp³-hybridized carbons (Fsp3) is 0.348. The molecule has 1 atom stereocenters. The Labute approximate surface area is 192 Å². The molecule has 2 N–H and O–H groups in total. The van der Waals surface area contributed by atoms with E-state index in [-0.39, 0.29) is 22.6 Å². The first-order chi connectivity index (χ1) is 15.5. The van der Waals surface area contributed by atoms with Gasteiger partial charge in [-0.15, -0.1) is 11.3 Å². The lowest BCUT2D eigenvalue weighted by Crippen LogP contribution is -2.40. The number of thiophene rings is 1. The molecule has 1 aliphatic rings. The molecule has 1 unspecified atom stereocenters. The van der Waals surface area contributed by atoms with Gasteiger partial charge in [0.1, 0.15) is 9.97 Å². The van der Waals surface area contributed by atoms with Gasteiger partial charge in [0.05, 0.1) is 18.7 Å². The van der Waals surface area contributed by atoms with Gasteiger partial charge in [-0.05, 0) is 67.2 Å². The quantitative estimate of drug-likeness (QED) is 0.490. The topological polar surface area (TPSA) is 91.6 Å². The summed E-state index contributed by atoms with van der Waals surface area (Å²) in [6.45, 7) is 2.50. The van der Waals surface area contributed by atoms with E-state index < -0.39 is 10.0 Å². The Morgan fingerprint density at radius 3 is 2.50 bits per heavy atom. The first-order valence-electron chi connectivity index (χ1n) is 10.7. The number of benzene rings is 1. The minimum absolute atomic E-state index is 0.0308. The van der Waals surface area contributed by atoms with Crippen LogP contribution in [-0.2, 0) is 21.2 Å². The average molecular weight is 474 g/mol. The summed E-state index contributed by atoms with van der Waals surface area (Å²) in [4.78, 5) is 14.9. The zero-order valence-electron chi connectivity index (χ0n) is 17.7. The van der Waals surface area contributed by atoms with Crippen molar-refractivity contribution < 1.29 is 17.6 Å². The Morgan fingerprint density at radius 2 is 1.84 bits per heavy atom. The van der Waals surface area contributed by atoms with E-state index in [0.717, 1.165) is 48.6 Å². The van der Waals surface area contributed by atoms with Crippen molar-refractivity contribution in [2.75, 3.05) is 24.4 Å². The largest absolute Gasteiger partial charge is 0.468 e. The summed E-state index contributed by atoms with van der Waals surface area (Å²) in [6.07, 6.45) is 5.46. The fourth-order valence-corrected chi connectivity index (χ4v) is 5.94. The lowest BCUT2D eigenvalue weighted by atomic mass is 10.1. The molecular weight excluding hydrogens is 446 g/mol. The maximum atomic E-state index is 12.6. The van der Waals surface area contributed by atoms with Crippen molar-refractivity contribution in [3.8, 4) is 0 Å². The summed E-state index contributed by atoms with van der Waals surface area (Å²) >= 11 is 1.16. The van der Waals surface area contributed by atoms with E-state index in [4.69, 9.17) is 4.42 Å². The third-order valence-electron chi connectivity index (χ3n) is 5.53. The minimum atomic E-state index is -3.58. The third-order valence-corrected chi connectivity index (χ3v) is 8.31. The van der Waals surface area contributed by atoms with E-state index in [1.807, 2.05) is 12.1 Å². The predicted molar refractivity (Wildman–Crippen MR) is 125 cm³/mol. The first-order valence-corrected chi connectivity index (χ1v) is 13.1. The van der Waals surface area contributed by atoms with Crippen molar-refractivity contribution in [1.82, 2.24) is 10.2 Å². The predicted octanol–water partition coefficient (Wildman–Crippen LogP) is 4.03. The van der Waals surface area contributed by atoms with Crippen LogP contribution in [0, 0.1) is 0 Å². The number of piperidine rings is 1. The SMILES string of the molecule is O=C(Cc1ccc(NS(=O)(=O)c2cccs2)cc1)NCC(c1ccco1)N1CCCCC1. The number of carbonyl (C=O) groups excluding carboxylic acids is 1. The van der Waals surface area contributed by atoms with Crippen LogP contribution in [0.1, 0.15) is 36.6 Å². The molecule has 1 aliphatic heterocycles. The van der Waals surface area contributed by atoms with Gasteiger partial charge in [-0.1, -0.05) is 24.6 Å². The van der Waals surface area contributed by atoms with Crippen molar-refractivity contribution in [3.05, 3.63) is 71.5 Å². The number of nitrogens with zero attached hydrogens (tertiary/aromatic N) is 1. The van der Waals surface area contributed by atoms with Crippen molar-refractivity contribution in [2.24, 2.45) is 0 Å². The molecule has 7 nitrogen and oxygen atoms in total. The van der Waals surface area contributed by atoms with E-state index in [9.17, 15) is 13.2 Å². The molecule has 3 heterocycles. The number of nitrogens with one attached hydrogen (secondary N) is 2. The lowest BCUT2D eigenvalue weighted by molar-refractivity contribution is -0.120. The van der Waals surface area contributed by atoms with Gasteiger partial charge in [0.15, 0.2) is 0 Å². The zero-order valence-corrected chi connectivity index (χ0v) is 19.3. The highest BCUT2D eigenvalue weighted by atomic mass is 32.2. The molecule has 32 heavy (non-hydrogen) atoms. The normalized spacial score (nSPS) is 15.9. The highest BCUT2D eigenvalue weighted by Gasteiger charge is 2.25. The Kier molecular flexibility index (Phi) is 7.29. The van der Waals surface area contributed by atoms with Gasteiger partial charge in [-0.25, -0.2) is 8.42 Å². The summed E-state index contributed by atoms with van der Waals surface area (Å²) in [5, 5.41) is 4.76. The smallest absolute Gasteiger partial charge is 0.271 e. The third kappa shape index (κ3) is 5.79. The molecule has 0 saturated carbocycles. The number of likely N-dealkylation sites (tertiary alicyclic amines) is 1. The number of anilines is 1. The molecule has 0 aliphatic carbocycles. The van der Waals surface area contributed by atoms with Gasteiger partial charge < -0.3 is 9.73 Å². The van der Waals surface area contributed by atoms with Crippen molar-refractivity contribution >= 4 is 33.0 Å². The first kappa shape index (κ1) is 22.6. The van der Waals surface area contributed by atoms with Crippen molar-refractivity contribution in [3.63, 3.8) is 0 Å². The van der Waals surface area contributed by atoms with Crippen molar-refractivity contribution in [1.29, 1.82) is 0 Å². The fourth-order valence-electron chi connectivity index (χ4n) is 3.89. The second kappa shape index (κ2) is 10.3. The van der Waals surface area contributed by atoms with Gasteiger partial charge in [-0.2, -0.15) is 0 Å². The molecule has 1 fully saturated rings.